The van der Waals surface area contributed by atoms with Crippen LogP contribution in [0, 0.1) is 0 Å². The molecule has 78 valence electrons. The van der Waals surface area contributed by atoms with E-state index >= 15 is 0 Å². The third-order valence-corrected chi connectivity index (χ3v) is 2.15. The zero-order valence-corrected chi connectivity index (χ0v) is 9.17. The Hall–Kier alpha value is -1.25. The van der Waals surface area contributed by atoms with Gasteiger partial charge in [-0.05, 0) is 19.4 Å². The van der Waals surface area contributed by atoms with Gasteiger partial charge in [0, 0.05) is 31.0 Å². The van der Waals surface area contributed by atoms with Gasteiger partial charge in [0.15, 0.2) is 0 Å². The van der Waals surface area contributed by atoms with E-state index < -0.39 is 0 Å². The molecule has 0 fully saturated rings. The number of hydrogen-bond donors (Lipinski definition) is 2. The molecule has 0 saturated heterocycles. The van der Waals surface area contributed by atoms with Crippen LogP contribution in [0.2, 0.25) is 0 Å². The molecule has 2 N–H and O–H groups in total. The minimum atomic E-state index is 0.520. The van der Waals surface area contributed by atoms with Crippen molar-refractivity contribution < 1.29 is 0 Å². The van der Waals surface area contributed by atoms with Crippen LogP contribution >= 0.6 is 0 Å². The number of anilines is 2. The summed E-state index contributed by atoms with van der Waals surface area (Å²) in [7, 11) is 1.88. The highest BCUT2D eigenvalue weighted by atomic mass is 15.0. The summed E-state index contributed by atoms with van der Waals surface area (Å²) < 4.78 is 0. The average Bonchev–Trinajstić information content (AvgIpc) is 2.18. The van der Waals surface area contributed by atoms with Crippen molar-refractivity contribution in [1.29, 1.82) is 0 Å². The quantitative estimate of drug-likeness (QED) is 0.755. The Labute approximate surface area is 85.9 Å². The fourth-order valence-electron chi connectivity index (χ4n) is 1.45. The molecule has 1 aromatic rings. The summed E-state index contributed by atoms with van der Waals surface area (Å²) in [4.78, 5) is 4.16. The first-order chi connectivity index (χ1) is 6.76. The summed E-state index contributed by atoms with van der Waals surface area (Å²) >= 11 is 0. The maximum Gasteiger partial charge on any atom is 0.127 e. The second-order valence-electron chi connectivity index (χ2n) is 3.51. The van der Waals surface area contributed by atoms with E-state index in [1.807, 2.05) is 25.4 Å². The molecule has 0 bridgehead atoms. The molecule has 0 radical (unpaired) electrons. The zero-order chi connectivity index (χ0) is 10.4. The first kappa shape index (κ1) is 10.8. The zero-order valence-electron chi connectivity index (χ0n) is 9.17. The van der Waals surface area contributed by atoms with Crippen LogP contribution in [0.15, 0.2) is 18.3 Å². The van der Waals surface area contributed by atoms with Gasteiger partial charge in [-0.2, -0.15) is 0 Å². The molecule has 1 aromatic heterocycles. The van der Waals surface area contributed by atoms with E-state index in [9.17, 15) is 0 Å². The molecule has 0 aliphatic heterocycles. The number of hydrogen-bond acceptors (Lipinski definition) is 3. The van der Waals surface area contributed by atoms with Crippen molar-refractivity contribution in [1.82, 2.24) is 4.98 Å². The number of aromatic nitrogens is 1. The molecule has 0 aromatic carbocycles. The van der Waals surface area contributed by atoms with Crippen LogP contribution in [0.25, 0.3) is 0 Å². The second kappa shape index (κ2) is 5.47. The molecule has 0 spiro atoms. The van der Waals surface area contributed by atoms with Crippen LogP contribution in [0.3, 0.4) is 0 Å². The van der Waals surface area contributed by atoms with Crippen molar-refractivity contribution in [3.05, 3.63) is 18.3 Å². The molecule has 1 heterocycles. The summed E-state index contributed by atoms with van der Waals surface area (Å²) in [5, 5.41) is 6.46. The van der Waals surface area contributed by atoms with Gasteiger partial charge in [-0.25, -0.2) is 4.98 Å². The summed E-state index contributed by atoms with van der Waals surface area (Å²) in [5.41, 5.74) is 1.13. The number of nitrogens with one attached hydrogen (secondary N) is 2. The maximum atomic E-state index is 4.16. The lowest BCUT2D eigenvalue weighted by atomic mass is 10.2. The lowest BCUT2D eigenvalue weighted by Gasteiger charge is -2.14. The Kier molecular flexibility index (Phi) is 4.23. The Morgan fingerprint density at radius 2 is 2.29 bits per heavy atom. The van der Waals surface area contributed by atoms with E-state index in [4.69, 9.17) is 0 Å². The predicted molar refractivity (Wildman–Crippen MR) is 61.8 cm³/mol. The molecule has 1 rings (SSSR count). The Morgan fingerprint density at radius 1 is 1.50 bits per heavy atom. The molecule has 0 amide bonds. The largest absolute Gasteiger partial charge is 0.382 e. The lowest BCUT2D eigenvalue weighted by Crippen LogP contribution is -2.14. The molecule has 0 aliphatic carbocycles. The fraction of sp³-hybridized carbons (Fsp3) is 0.545. The first-order valence-corrected chi connectivity index (χ1v) is 5.16. The van der Waals surface area contributed by atoms with E-state index in [-0.39, 0.29) is 0 Å². The third kappa shape index (κ3) is 3.24. The van der Waals surface area contributed by atoms with Crippen LogP contribution in [0.5, 0.6) is 0 Å². The van der Waals surface area contributed by atoms with Gasteiger partial charge >= 0.3 is 0 Å². The van der Waals surface area contributed by atoms with Crippen molar-refractivity contribution in [2.24, 2.45) is 0 Å². The van der Waals surface area contributed by atoms with Crippen LogP contribution in [-0.2, 0) is 0 Å². The van der Waals surface area contributed by atoms with Crippen molar-refractivity contribution >= 4 is 11.5 Å². The van der Waals surface area contributed by atoms with Crippen molar-refractivity contribution in [2.75, 3.05) is 17.7 Å². The summed E-state index contributed by atoms with van der Waals surface area (Å²) in [6, 6.07) is 4.53. The molecule has 3 heteroatoms. The van der Waals surface area contributed by atoms with Gasteiger partial charge < -0.3 is 10.6 Å². The summed E-state index contributed by atoms with van der Waals surface area (Å²) in [6.07, 6.45) is 4.21. The Balaban J connectivity index is 2.57. The molecule has 0 saturated carbocycles. The third-order valence-electron chi connectivity index (χ3n) is 2.15. The molecular formula is C11H19N3. The van der Waals surface area contributed by atoms with Gasteiger partial charge in [0.25, 0.3) is 0 Å². The minimum absolute atomic E-state index is 0.520. The summed E-state index contributed by atoms with van der Waals surface area (Å²) in [6.45, 7) is 4.40. The number of pyridine rings is 1. The fourth-order valence-corrected chi connectivity index (χ4v) is 1.45. The van der Waals surface area contributed by atoms with Crippen LogP contribution < -0.4 is 10.6 Å². The minimum Gasteiger partial charge on any atom is -0.382 e. The SMILES string of the molecule is CCCC(C)Nc1ccnc(NC)c1. The molecule has 0 aliphatic rings. The van der Waals surface area contributed by atoms with Crippen molar-refractivity contribution in [2.45, 2.75) is 32.7 Å². The maximum absolute atomic E-state index is 4.16. The Bertz CT molecular complexity index is 273. The molecule has 1 atom stereocenters. The second-order valence-corrected chi connectivity index (χ2v) is 3.51. The highest BCUT2D eigenvalue weighted by Gasteiger charge is 2.00. The van der Waals surface area contributed by atoms with Crippen LogP contribution in [0.1, 0.15) is 26.7 Å². The van der Waals surface area contributed by atoms with Gasteiger partial charge in [-0.1, -0.05) is 13.3 Å². The standard InChI is InChI=1S/C11H19N3/c1-4-5-9(2)14-10-6-7-13-11(8-10)12-3/h6-9H,4-5H2,1-3H3,(H2,12,13,14). The van der Waals surface area contributed by atoms with Gasteiger partial charge in [0.05, 0.1) is 0 Å². The van der Waals surface area contributed by atoms with Gasteiger partial charge in [-0.3, -0.25) is 0 Å². The van der Waals surface area contributed by atoms with E-state index in [2.05, 4.69) is 29.5 Å². The Morgan fingerprint density at radius 3 is 2.93 bits per heavy atom. The highest BCUT2D eigenvalue weighted by Crippen LogP contribution is 2.13. The van der Waals surface area contributed by atoms with Crippen molar-refractivity contribution in [3.8, 4) is 0 Å². The van der Waals surface area contributed by atoms with Crippen LogP contribution in [0.4, 0.5) is 11.5 Å². The highest BCUT2D eigenvalue weighted by molar-refractivity contribution is 5.51. The topological polar surface area (TPSA) is 37.0 Å². The average molecular weight is 193 g/mol. The summed E-state index contributed by atoms with van der Waals surface area (Å²) in [5.74, 6) is 0.902. The van der Waals surface area contributed by atoms with E-state index in [1.165, 1.54) is 12.8 Å². The number of rotatable bonds is 5. The van der Waals surface area contributed by atoms with Gasteiger partial charge in [-0.15, -0.1) is 0 Å². The predicted octanol–water partition coefficient (Wildman–Crippen LogP) is 2.72. The van der Waals surface area contributed by atoms with E-state index in [0.29, 0.717) is 6.04 Å². The lowest BCUT2D eigenvalue weighted by molar-refractivity contribution is 0.690. The van der Waals surface area contributed by atoms with Gasteiger partial charge in [0.1, 0.15) is 5.82 Å². The molecule has 14 heavy (non-hydrogen) atoms. The number of nitrogens with zero attached hydrogens (tertiary/aromatic N) is 1. The molecule has 1 unspecified atom stereocenters. The van der Waals surface area contributed by atoms with Crippen LogP contribution in [-0.4, -0.2) is 18.1 Å². The molecular weight excluding hydrogens is 174 g/mol. The first-order valence-electron chi connectivity index (χ1n) is 5.16. The van der Waals surface area contributed by atoms with Crippen molar-refractivity contribution in [3.63, 3.8) is 0 Å². The van der Waals surface area contributed by atoms with E-state index in [0.717, 1.165) is 11.5 Å². The normalized spacial score (nSPS) is 12.2. The van der Waals surface area contributed by atoms with E-state index in [1.54, 1.807) is 0 Å². The smallest absolute Gasteiger partial charge is 0.127 e. The monoisotopic (exact) mass is 193 g/mol. The van der Waals surface area contributed by atoms with Gasteiger partial charge in [0.2, 0.25) is 0 Å². The molecule has 3 nitrogen and oxygen atoms in total.